The quantitative estimate of drug-likeness (QED) is 0.469. The molecule has 0 heterocycles. The number of aliphatic hydroxyl groups excluding tert-OH is 1. The van der Waals surface area contributed by atoms with Gasteiger partial charge in [0, 0.05) is 6.08 Å². The molecular weight excluding hydrogens is 196 g/mol. The lowest BCUT2D eigenvalue weighted by Gasteiger charge is -2.05. The molecule has 0 aromatic rings. The molecule has 15 heavy (non-hydrogen) atoms. The number of hydrogen-bond donors (Lipinski definition) is 2. The van der Waals surface area contributed by atoms with E-state index in [2.05, 4.69) is 30.3 Å². The van der Waals surface area contributed by atoms with Crippen molar-refractivity contribution in [2.45, 2.75) is 6.42 Å². The fraction of sp³-hybridized carbons (Fsp3) is 0.700. The first-order valence-corrected chi connectivity index (χ1v) is 4.83. The number of aliphatic hydroxyl groups is 1. The van der Waals surface area contributed by atoms with E-state index < -0.39 is 5.97 Å². The van der Waals surface area contributed by atoms with Crippen molar-refractivity contribution in [3.05, 3.63) is 12.7 Å². The Morgan fingerprint density at radius 1 is 1.60 bits per heavy atom. The molecule has 0 radical (unpaired) electrons. The summed E-state index contributed by atoms with van der Waals surface area (Å²) in [6.45, 7) is 4.98. The van der Waals surface area contributed by atoms with E-state index >= 15 is 0 Å². The van der Waals surface area contributed by atoms with Crippen LogP contribution in [0.3, 0.4) is 0 Å². The number of nitrogens with zero attached hydrogens (tertiary/aromatic N) is 1. The number of carbonyl (C=O) groups excluding carboxylic acids is 1. The molecule has 5 heteroatoms. The largest absolute Gasteiger partial charge is 0.460 e. The second-order valence-electron chi connectivity index (χ2n) is 3.04. The monoisotopic (exact) mass is 218 g/mol. The summed E-state index contributed by atoms with van der Waals surface area (Å²) in [5.74, 6) is -0.501. The fourth-order valence-electron chi connectivity index (χ4n) is 0.613. The molecule has 0 spiro atoms. The van der Waals surface area contributed by atoms with E-state index in [1.165, 1.54) is 0 Å². The molecule has 3 N–H and O–H groups in total. The van der Waals surface area contributed by atoms with Crippen molar-refractivity contribution in [3.8, 4) is 0 Å². The Balaban J connectivity index is 0. The van der Waals surface area contributed by atoms with Gasteiger partial charge in [0.1, 0.15) is 6.61 Å². The zero-order valence-electron chi connectivity index (χ0n) is 9.61. The second-order valence-corrected chi connectivity index (χ2v) is 3.04. The molecule has 0 aliphatic rings. The highest BCUT2D eigenvalue weighted by molar-refractivity contribution is 5.81. The Morgan fingerprint density at radius 3 is 2.47 bits per heavy atom. The van der Waals surface area contributed by atoms with Gasteiger partial charge in [0.2, 0.25) is 0 Å². The van der Waals surface area contributed by atoms with Gasteiger partial charge in [0.25, 0.3) is 0 Å². The fourth-order valence-corrected chi connectivity index (χ4v) is 0.613. The molecule has 0 saturated heterocycles. The van der Waals surface area contributed by atoms with E-state index in [0.29, 0.717) is 0 Å². The van der Waals surface area contributed by atoms with Gasteiger partial charge >= 0.3 is 5.97 Å². The maximum absolute atomic E-state index is 10.1. The maximum Gasteiger partial charge on any atom is 0.330 e. The lowest BCUT2D eigenvalue weighted by Crippen LogP contribution is -2.16. The van der Waals surface area contributed by atoms with Gasteiger partial charge in [-0.3, -0.25) is 0 Å². The molecule has 0 amide bonds. The standard InChI is InChI=1S/C5H14N2.C5H8O3/c1-7(2)5-3-4-6;1-2-5(7)8-4-3-6/h3-6H2,1-2H3;2,6H,1,3-4H2. The molecular formula is C10H22N2O3. The van der Waals surface area contributed by atoms with E-state index in [4.69, 9.17) is 10.8 Å². The van der Waals surface area contributed by atoms with Crippen molar-refractivity contribution in [1.82, 2.24) is 4.90 Å². The number of ether oxygens (including phenoxy) is 1. The summed E-state index contributed by atoms with van der Waals surface area (Å²) >= 11 is 0. The first kappa shape index (κ1) is 16.5. The summed E-state index contributed by atoms with van der Waals surface area (Å²) < 4.78 is 4.33. The smallest absolute Gasteiger partial charge is 0.330 e. The third kappa shape index (κ3) is 19.5. The highest BCUT2D eigenvalue weighted by Crippen LogP contribution is 1.76. The minimum absolute atomic E-state index is 0.0465. The van der Waals surface area contributed by atoms with Gasteiger partial charge < -0.3 is 20.5 Å². The van der Waals surface area contributed by atoms with Crippen molar-refractivity contribution in [3.63, 3.8) is 0 Å². The average molecular weight is 218 g/mol. The maximum atomic E-state index is 10.1. The number of esters is 1. The molecule has 5 nitrogen and oxygen atoms in total. The first-order chi connectivity index (χ1) is 7.08. The predicted octanol–water partition coefficient (Wildman–Crippen LogP) is -0.395. The predicted molar refractivity (Wildman–Crippen MR) is 60.5 cm³/mol. The summed E-state index contributed by atoms with van der Waals surface area (Å²) in [6.07, 6.45) is 2.16. The molecule has 0 rings (SSSR count). The van der Waals surface area contributed by atoms with Gasteiger partial charge in [-0.25, -0.2) is 4.79 Å². The van der Waals surface area contributed by atoms with Gasteiger partial charge in [0.05, 0.1) is 6.61 Å². The van der Waals surface area contributed by atoms with Crippen LogP contribution in [0.4, 0.5) is 0 Å². The molecule has 0 bridgehead atoms. The van der Waals surface area contributed by atoms with E-state index in [9.17, 15) is 4.79 Å². The number of hydrogen-bond acceptors (Lipinski definition) is 5. The average Bonchev–Trinajstić information content (AvgIpc) is 2.23. The van der Waals surface area contributed by atoms with Crippen LogP contribution in [-0.2, 0) is 9.53 Å². The normalized spacial score (nSPS) is 9.13. The van der Waals surface area contributed by atoms with E-state index in [1.54, 1.807) is 0 Å². The topological polar surface area (TPSA) is 75.8 Å². The molecule has 0 aromatic carbocycles. The third-order valence-corrected chi connectivity index (χ3v) is 1.31. The van der Waals surface area contributed by atoms with Gasteiger partial charge in [-0.2, -0.15) is 0 Å². The Morgan fingerprint density at radius 2 is 2.20 bits per heavy atom. The Labute approximate surface area is 91.5 Å². The van der Waals surface area contributed by atoms with Crippen LogP contribution in [0.2, 0.25) is 0 Å². The summed E-state index contributed by atoms with van der Waals surface area (Å²) in [4.78, 5) is 12.3. The minimum Gasteiger partial charge on any atom is -0.460 e. The number of rotatable bonds is 6. The van der Waals surface area contributed by atoms with Gasteiger partial charge in [-0.05, 0) is 33.6 Å². The summed E-state index contributed by atoms with van der Waals surface area (Å²) in [5.41, 5.74) is 5.25. The molecule has 0 atom stereocenters. The molecule has 0 aliphatic heterocycles. The molecule has 0 aliphatic carbocycles. The SMILES string of the molecule is C=CC(=O)OCCO.CN(C)CCCN. The van der Waals surface area contributed by atoms with Gasteiger partial charge in [0.15, 0.2) is 0 Å². The van der Waals surface area contributed by atoms with Crippen molar-refractivity contribution in [1.29, 1.82) is 0 Å². The van der Waals surface area contributed by atoms with Crippen LogP contribution < -0.4 is 5.73 Å². The van der Waals surface area contributed by atoms with Gasteiger partial charge in [-0.1, -0.05) is 6.58 Å². The molecule has 0 unspecified atom stereocenters. The van der Waals surface area contributed by atoms with E-state index in [1.807, 2.05) is 0 Å². The van der Waals surface area contributed by atoms with Crippen LogP contribution in [0.15, 0.2) is 12.7 Å². The first-order valence-electron chi connectivity index (χ1n) is 4.83. The van der Waals surface area contributed by atoms with Crippen LogP contribution in [0.25, 0.3) is 0 Å². The Hall–Kier alpha value is -0.910. The van der Waals surface area contributed by atoms with Crippen LogP contribution in [0.5, 0.6) is 0 Å². The Bertz CT molecular complexity index is 161. The molecule has 0 saturated carbocycles. The van der Waals surface area contributed by atoms with Crippen LogP contribution >= 0.6 is 0 Å². The van der Waals surface area contributed by atoms with Gasteiger partial charge in [-0.15, -0.1) is 0 Å². The Kier molecular flexibility index (Phi) is 14.4. The van der Waals surface area contributed by atoms with Crippen molar-refractivity contribution < 1.29 is 14.6 Å². The number of carbonyl (C=O) groups is 1. The third-order valence-electron chi connectivity index (χ3n) is 1.31. The molecule has 0 fully saturated rings. The molecule has 90 valence electrons. The van der Waals surface area contributed by atoms with E-state index in [-0.39, 0.29) is 13.2 Å². The van der Waals surface area contributed by atoms with Crippen LogP contribution in [0, 0.1) is 0 Å². The lowest BCUT2D eigenvalue weighted by molar-refractivity contribution is -0.138. The van der Waals surface area contributed by atoms with Crippen molar-refractivity contribution in [2.24, 2.45) is 5.73 Å². The van der Waals surface area contributed by atoms with Crippen LogP contribution in [0.1, 0.15) is 6.42 Å². The summed E-state index contributed by atoms with van der Waals surface area (Å²) in [6, 6.07) is 0. The second kappa shape index (κ2) is 13.1. The molecule has 0 aromatic heterocycles. The zero-order valence-corrected chi connectivity index (χ0v) is 9.61. The highest BCUT2D eigenvalue weighted by atomic mass is 16.5. The van der Waals surface area contributed by atoms with E-state index in [0.717, 1.165) is 25.6 Å². The van der Waals surface area contributed by atoms with Crippen LogP contribution in [-0.4, -0.2) is 56.4 Å². The van der Waals surface area contributed by atoms with Crippen molar-refractivity contribution in [2.75, 3.05) is 40.4 Å². The highest BCUT2D eigenvalue weighted by Gasteiger charge is 1.90. The van der Waals surface area contributed by atoms with Crippen molar-refractivity contribution >= 4 is 5.97 Å². The minimum atomic E-state index is -0.501. The number of nitrogens with two attached hydrogens (primary N) is 1. The summed E-state index contributed by atoms with van der Waals surface area (Å²) in [5, 5.41) is 8.10. The zero-order chi connectivity index (χ0) is 12.1. The lowest BCUT2D eigenvalue weighted by atomic mass is 10.4. The summed E-state index contributed by atoms with van der Waals surface area (Å²) in [7, 11) is 4.10.